The highest BCUT2D eigenvalue weighted by Gasteiger charge is 2.27. The van der Waals surface area contributed by atoms with Crippen LogP contribution in [0.3, 0.4) is 0 Å². The largest absolute Gasteiger partial charge is 0.366 e. The minimum atomic E-state index is -3.65. The third kappa shape index (κ3) is 4.38. The van der Waals surface area contributed by atoms with Crippen molar-refractivity contribution in [3.8, 4) is 0 Å². The maximum atomic E-state index is 12.9. The normalized spacial score (nSPS) is 15.9. The minimum Gasteiger partial charge on any atom is -0.366 e. The Morgan fingerprint density at radius 2 is 1.61 bits per heavy atom. The zero-order valence-corrected chi connectivity index (χ0v) is 16.3. The van der Waals surface area contributed by atoms with Gasteiger partial charge in [0.2, 0.25) is 15.9 Å². The van der Waals surface area contributed by atoms with Crippen LogP contribution < -0.4 is 11.1 Å². The summed E-state index contributed by atoms with van der Waals surface area (Å²) in [5, 5.41) is 2.68. The van der Waals surface area contributed by atoms with Crippen LogP contribution in [0, 0.1) is 0 Å². The summed E-state index contributed by atoms with van der Waals surface area (Å²) in [7, 11) is -1.70. The third-order valence-corrected chi connectivity index (χ3v) is 6.52. The fourth-order valence-corrected chi connectivity index (χ4v) is 4.37. The number of hydrogen-bond acceptors (Lipinski definition) is 5. The SMILES string of the molecule is CN1CCN(S(=O)(=O)c2cccc(C(=O)Nc3ccc(C(N)=O)cc3)c2)CC1. The summed E-state index contributed by atoms with van der Waals surface area (Å²) in [6.45, 7) is 2.17. The highest BCUT2D eigenvalue weighted by molar-refractivity contribution is 7.89. The van der Waals surface area contributed by atoms with E-state index in [0.29, 0.717) is 37.4 Å². The molecule has 3 rings (SSSR count). The number of nitrogens with one attached hydrogen (secondary N) is 1. The average Bonchev–Trinajstić information content (AvgIpc) is 2.69. The number of piperazine rings is 1. The highest BCUT2D eigenvalue weighted by atomic mass is 32.2. The third-order valence-electron chi connectivity index (χ3n) is 4.62. The Hall–Kier alpha value is -2.75. The fourth-order valence-electron chi connectivity index (χ4n) is 2.90. The van der Waals surface area contributed by atoms with Gasteiger partial charge in [-0.15, -0.1) is 0 Å². The van der Waals surface area contributed by atoms with Crippen molar-refractivity contribution in [3.05, 3.63) is 59.7 Å². The Morgan fingerprint density at radius 1 is 0.964 bits per heavy atom. The van der Waals surface area contributed by atoms with E-state index in [1.807, 2.05) is 7.05 Å². The number of nitrogens with two attached hydrogens (primary N) is 1. The van der Waals surface area contributed by atoms with Crippen LogP contribution in [-0.2, 0) is 10.0 Å². The number of sulfonamides is 1. The second-order valence-corrected chi connectivity index (χ2v) is 8.57. The Morgan fingerprint density at radius 3 is 2.21 bits per heavy atom. The minimum absolute atomic E-state index is 0.0915. The Bertz CT molecular complexity index is 981. The van der Waals surface area contributed by atoms with Gasteiger partial charge in [0.05, 0.1) is 4.90 Å². The van der Waals surface area contributed by atoms with Crippen LogP contribution in [0.1, 0.15) is 20.7 Å². The second kappa shape index (κ2) is 8.09. The van der Waals surface area contributed by atoms with Gasteiger partial charge in [0.25, 0.3) is 5.91 Å². The Kier molecular flexibility index (Phi) is 5.78. The Balaban J connectivity index is 1.76. The standard InChI is InChI=1S/C19H22N4O4S/c1-22-9-11-23(12-10-22)28(26,27)17-4-2-3-15(13-17)19(25)21-16-7-5-14(6-8-16)18(20)24/h2-8,13H,9-12H2,1H3,(H2,20,24)(H,21,25). The summed E-state index contributed by atoms with van der Waals surface area (Å²) in [5.41, 5.74) is 6.23. The summed E-state index contributed by atoms with van der Waals surface area (Å²) >= 11 is 0. The van der Waals surface area contributed by atoms with Crippen molar-refractivity contribution in [2.75, 3.05) is 38.5 Å². The number of benzene rings is 2. The van der Waals surface area contributed by atoms with Gasteiger partial charge in [-0.25, -0.2) is 8.42 Å². The number of nitrogens with zero attached hydrogens (tertiary/aromatic N) is 2. The van der Waals surface area contributed by atoms with Crippen molar-refractivity contribution < 1.29 is 18.0 Å². The molecule has 3 N–H and O–H groups in total. The molecule has 148 valence electrons. The van der Waals surface area contributed by atoms with E-state index in [4.69, 9.17) is 5.73 Å². The van der Waals surface area contributed by atoms with Crippen LogP contribution in [-0.4, -0.2) is 62.7 Å². The van der Waals surface area contributed by atoms with Gasteiger partial charge in [-0.05, 0) is 49.5 Å². The topological polar surface area (TPSA) is 113 Å². The van der Waals surface area contributed by atoms with Crippen LogP contribution in [0.2, 0.25) is 0 Å². The zero-order valence-electron chi connectivity index (χ0n) is 15.5. The summed E-state index contributed by atoms with van der Waals surface area (Å²) in [4.78, 5) is 25.8. The zero-order chi connectivity index (χ0) is 20.3. The molecule has 1 aliphatic rings. The molecule has 0 bridgehead atoms. The van der Waals surface area contributed by atoms with E-state index >= 15 is 0 Å². The lowest BCUT2D eigenvalue weighted by Crippen LogP contribution is -2.47. The highest BCUT2D eigenvalue weighted by Crippen LogP contribution is 2.19. The molecule has 0 aromatic heterocycles. The number of anilines is 1. The fraction of sp³-hybridized carbons (Fsp3) is 0.263. The monoisotopic (exact) mass is 402 g/mol. The smallest absolute Gasteiger partial charge is 0.255 e. The quantitative estimate of drug-likeness (QED) is 0.774. The van der Waals surface area contributed by atoms with Gasteiger partial charge in [-0.3, -0.25) is 9.59 Å². The first kappa shape index (κ1) is 20.0. The summed E-state index contributed by atoms with van der Waals surface area (Å²) in [6, 6.07) is 12.1. The van der Waals surface area contributed by atoms with Gasteiger partial charge >= 0.3 is 0 Å². The van der Waals surface area contributed by atoms with Gasteiger partial charge in [0.15, 0.2) is 0 Å². The molecular weight excluding hydrogens is 380 g/mol. The lowest BCUT2D eigenvalue weighted by molar-refractivity contribution is 0.0998. The molecule has 1 aliphatic heterocycles. The van der Waals surface area contributed by atoms with E-state index in [-0.39, 0.29) is 10.5 Å². The molecule has 2 aromatic carbocycles. The number of carbonyl (C=O) groups excluding carboxylic acids is 2. The molecular formula is C19H22N4O4S. The molecule has 2 aromatic rings. The number of amides is 2. The molecule has 0 radical (unpaired) electrons. The van der Waals surface area contributed by atoms with Crippen molar-refractivity contribution >= 4 is 27.5 Å². The summed E-state index contributed by atoms with van der Waals surface area (Å²) < 4.78 is 27.2. The predicted molar refractivity (Wildman–Crippen MR) is 106 cm³/mol. The average molecular weight is 402 g/mol. The van der Waals surface area contributed by atoms with Gasteiger partial charge in [-0.1, -0.05) is 6.07 Å². The molecule has 28 heavy (non-hydrogen) atoms. The summed E-state index contributed by atoms with van der Waals surface area (Å²) in [6.07, 6.45) is 0. The van der Waals surface area contributed by atoms with Gasteiger partial charge in [-0.2, -0.15) is 4.31 Å². The predicted octanol–water partition coefficient (Wildman–Crippen LogP) is 0.974. The maximum Gasteiger partial charge on any atom is 0.255 e. The van der Waals surface area contributed by atoms with Crippen molar-refractivity contribution in [2.45, 2.75) is 4.90 Å². The molecule has 0 unspecified atom stereocenters. The van der Waals surface area contributed by atoms with E-state index in [1.54, 1.807) is 24.3 Å². The van der Waals surface area contributed by atoms with Crippen LogP contribution in [0.4, 0.5) is 5.69 Å². The van der Waals surface area contributed by atoms with Gasteiger partial charge < -0.3 is 16.0 Å². The first-order valence-electron chi connectivity index (χ1n) is 8.77. The van der Waals surface area contributed by atoms with Gasteiger partial charge in [0, 0.05) is 43.0 Å². The number of likely N-dealkylation sites (N-methyl/N-ethyl adjacent to an activating group) is 1. The van der Waals surface area contributed by atoms with E-state index < -0.39 is 21.8 Å². The van der Waals surface area contributed by atoms with Crippen molar-refractivity contribution in [2.24, 2.45) is 5.73 Å². The first-order chi connectivity index (χ1) is 13.3. The van der Waals surface area contributed by atoms with Crippen LogP contribution in [0.15, 0.2) is 53.4 Å². The van der Waals surface area contributed by atoms with E-state index in [1.165, 1.54) is 28.6 Å². The summed E-state index contributed by atoms with van der Waals surface area (Å²) in [5.74, 6) is -0.998. The van der Waals surface area contributed by atoms with Crippen LogP contribution in [0.25, 0.3) is 0 Å². The Labute approximate surface area is 164 Å². The molecule has 8 nitrogen and oxygen atoms in total. The van der Waals surface area contributed by atoms with Crippen molar-refractivity contribution in [1.29, 1.82) is 0 Å². The lowest BCUT2D eigenvalue weighted by Gasteiger charge is -2.31. The molecule has 0 spiro atoms. The van der Waals surface area contributed by atoms with Crippen molar-refractivity contribution in [1.82, 2.24) is 9.21 Å². The maximum absolute atomic E-state index is 12.9. The van der Waals surface area contributed by atoms with Crippen LogP contribution >= 0.6 is 0 Å². The second-order valence-electron chi connectivity index (χ2n) is 6.63. The number of rotatable bonds is 5. The molecule has 0 aliphatic carbocycles. The molecule has 0 atom stereocenters. The van der Waals surface area contributed by atoms with E-state index in [0.717, 1.165) is 0 Å². The van der Waals surface area contributed by atoms with Crippen LogP contribution in [0.5, 0.6) is 0 Å². The number of hydrogen-bond donors (Lipinski definition) is 2. The molecule has 1 saturated heterocycles. The number of carbonyl (C=O) groups is 2. The lowest BCUT2D eigenvalue weighted by atomic mass is 10.2. The molecule has 1 heterocycles. The van der Waals surface area contributed by atoms with E-state index in [2.05, 4.69) is 10.2 Å². The molecule has 1 fully saturated rings. The molecule has 2 amide bonds. The van der Waals surface area contributed by atoms with Gasteiger partial charge in [0.1, 0.15) is 0 Å². The van der Waals surface area contributed by atoms with Crippen molar-refractivity contribution in [3.63, 3.8) is 0 Å². The first-order valence-corrected chi connectivity index (χ1v) is 10.2. The molecule has 0 saturated carbocycles. The number of primary amides is 1. The molecule has 9 heteroatoms. The van der Waals surface area contributed by atoms with E-state index in [9.17, 15) is 18.0 Å².